The Kier molecular flexibility index (Phi) is 6.99. The van der Waals surface area contributed by atoms with Gasteiger partial charge in [-0.05, 0) is 29.8 Å². The predicted octanol–water partition coefficient (Wildman–Crippen LogP) is 4.68. The van der Waals surface area contributed by atoms with Crippen molar-refractivity contribution in [3.05, 3.63) is 59.5 Å². The van der Waals surface area contributed by atoms with Crippen LogP contribution in [0.1, 0.15) is 5.56 Å². The fraction of sp³-hybridized carbons (Fsp3) is 0.158. The molecule has 3 rings (SSSR count). The van der Waals surface area contributed by atoms with Gasteiger partial charge in [0.2, 0.25) is 12.3 Å². The summed E-state index contributed by atoms with van der Waals surface area (Å²) in [4.78, 5) is 16.4. The summed E-state index contributed by atoms with van der Waals surface area (Å²) in [5.74, 6) is -1.69. The van der Waals surface area contributed by atoms with Crippen molar-refractivity contribution in [1.29, 1.82) is 0 Å². The van der Waals surface area contributed by atoms with Gasteiger partial charge in [-0.1, -0.05) is 42.1 Å². The second-order valence-corrected chi connectivity index (χ2v) is 10.1. The third-order valence-electron chi connectivity index (χ3n) is 3.59. The zero-order valence-electron chi connectivity index (χ0n) is 14.9. The van der Waals surface area contributed by atoms with Crippen molar-refractivity contribution in [2.75, 3.05) is 16.8 Å². The summed E-state index contributed by atoms with van der Waals surface area (Å²) in [5.41, 5.74) is 1.76. The molecule has 152 valence electrons. The van der Waals surface area contributed by atoms with Crippen molar-refractivity contribution in [1.82, 2.24) is 4.98 Å². The number of hydrogen-bond acceptors (Lipinski definition) is 6. The number of rotatable bonds is 8. The van der Waals surface area contributed by atoms with Crippen LogP contribution in [0, 0.1) is 0 Å². The number of fused-ring (bicyclic) bond motifs is 1. The van der Waals surface area contributed by atoms with Gasteiger partial charge in [0, 0.05) is 11.1 Å². The first-order valence-electron chi connectivity index (χ1n) is 8.38. The summed E-state index contributed by atoms with van der Waals surface area (Å²) >= 11 is 2.21. The van der Waals surface area contributed by atoms with Crippen LogP contribution < -0.4 is 5.32 Å². The maximum absolute atomic E-state index is 12.3. The molecule has 1 amide bonds. The van der Waals surface area contributed by atoms with Crippen molar-refractivity contribution in [2.24, 2.45) is 0 Å². The van der Waals surface area contributed by atoms with E-state index in [1.54, 1.807) is 42.5 Å². The standard InChI is InChI=1S/C19H16F2N2O3S3/c20-17(21)11-27-19-23-15-7-6-14(10-16(15)28-19)22-18(24)12-29(25,26)9-8-13-4-2-1-3-5-13/h1-10,17H,11-12H2,(H,22,24). The van der Waals surface area contributed by atoms with Gasteiger partial charge in [0.25, 0.3) is 0 Å². The minimum absolute atomic E-state index is 0.336. The van der Waals surface area contributed by atoms with Crippen LogP contribution >= 0.6 is 23.1 Å². The van der Waals surface area contributed by atoms with E-state index >= 15 is 0 Å². The highest BCUT2D eigenvalue weighted by molar-refractivity contribution is 8.01. The number of benzene rings is 2. The molecule has 1 N–H and O–H groups in total. The maximum atomic E-state index is 12.3. The van der Waals surface area contributed by atoms with Gasteiger partial charge in [0.05, 0.1) is 16.0 Å². The highest BCUT2D eigenvalue weighted by Gasteiger charge is 2.15. The van der Waals surface area contributed by atoms with Gasteiger partial charge in [0.1, 0.15) is 5.75 Å². The number of thiazole rings is 1. The molecule has 0 saturated carbocycles. The first-order chi connectivity index (χ1) is 13.8. The van der Waals surface area contributed by atoms with E-state index in [1.165, 1.54) is 17.4 Å². The minimum Gasteiger partial charge on any atom is -0.325 e. The zero-order chi connectivity index (χ0) is 20.9. The van der Waals surface area contributed by atoms with Crippen LogP contribution in [-0.2, 0) is 14.6 Å². The number of halogens is 2. The Morgan fingerprint density at radius 3 is 2.69 bits per heavy atom. The van der Waals surface area contributed by atoms with Crippen molar-refractivity contribution < 1.29 is 22.0 Å². The molecule has 0 unspecified atom stereocenters. The Balaban J connectivity index is 1.63. The quantitative estimate of drug-likeness (QED) is 0.500. The molecule has 1 heterocycles. The molecule has 0 bridgehead atoms. The van der Waals surface area contributed by atoms with Crippen LogP contribution in [0.2, 0.25) is 0 Å². The molecular formula is C19H16F2N2O3S3. The van der Waals surface area contributed by atoms with E-state index in [1.807, 2.05) is 6.07 Å². The summed E-state index contributed by atoms with van der Waals surface area (Å²) in [6, 6.07) is 13.8. The number of carbonyl (C=O) groups excluding carboxylic acids is 1. The number of nitrogens with one attached hydrogen (secondary N) is 1. The van der Waals surface area contributed by atoms with E-state index in [9.17, 15) is 22.0 Å². The third kappa shape index (κ3) is 6.62. The summed E-state index contributed by atoms with van der Waals surface area (Å²) in [7, 11) is -3.73. The van der Waals surface area contributed by atoms with E-state index in [4.69, 9.17) is 0 Å². The summed E-state index contributed by atoms with van der Waals surface area (Å²) in [5, 5.41) is 3.56. The van der Waals surface area contributed by atoms with Gasteiger partial charge >= 0.3 is 0 Å². The fourth-order valence-corrected chi connectivity index (χ4v) is 5.13. The second kappa shape index (κ2) is 9.47. The zero-order valence-corrected chi connectivity index (χ0v) is 17.4. The molecule has 0 fully saturated rings. The van der Waals surface area contributed by atoms with Gasteiger partial charge < -0.3 is 5.32 Å². The Hall–Kier alpha value is -2.30. The Morgan fingerprint density at radius 2 is 1.97 bits per heavy atom. The smallest absolute Gasteiger partial charge is 0.248 e. The largest absolute Gasteiger partial charge is 0.325 e. The minimum atomic E-state index is -3.73. The first kappa shape index (κ1) is 21.4. The lowest BCUT2D eigenvalue weighted by Crippen LogP contribution is -2.21. The van der Waals surface area contributed by atoms with Crippen LogP contribution in [0.5, 0.6) is 0 Å². The molecule has 3 aromatic rings. The number of hydrogen-bond donors (Lipinski definition) is 1. The molecule has 0 spiro atoms. The molecule has 0 radical (unpaired) electrons. The first-order valence-corrected chi connectivity index (χ1v) is 11.9. The van der Waals surface area contributed by atoms with Crippen LogP contribution in [0.3, 0.4) is 0 Å². The number of alkyl halides is 2. The van der Waals surface area contributed by atoms with Gasteiger partial charge in [-0.15, -0.1) is 11.3 Å². The lowest BCUT2D eigenvalue weighted by Gasteiger charge is -2.04. The number of nitrogens with zero attached hydrogens (tertiary/aromatic N) is 1. The fourth-order valence-electron chi connectivity index (χ4n) is 2.35. The average Bonchev–Trinajstić information content (AvgIpc) is 3.07. The normalized spacial score (nSPS) is 12.1. The van der Waals surface area contributed by atoms with Crippen LogP contribution in [0.15, 0.2) is 58.3 Å². The molecule has 29 heavy (non-hydrogen) atoms. The van der Waals surface area contributed by atoms with Gasteiger partial charge in [-0.25, -0.2) is 22.2 Å². The lowest BCUT2D eigenvalue weighted by molar-refractivity contribution is -0.113. The lowest BCUT2D eigenvalue weighted by atomic mass is 10.2. The van der Waals surface area contributed by atoms with E-state index in [0.717, 1.165) is 17.2 Å². The predicted molar refractivity (Wildman–Crippen MR) is 114 cm³/mol. The summed E-state index contributed by atoms with van der Waals surface area (Å²) in [6.07, 6.45) is -0.982. The number of sulfone groups is 1. The molecular weight excluding hydrogens is 438 g/mol. The van der Waals surface area contributed by atoms with E-state index < -0.39 is 27.9 Å². The van der Waals surface area contributed by atoms with Crippen LogP contribution in [0.4, 0.5) is 14.5 Å². The maximum Gasteiger partial charge on any atom is 0.248 e. The van der Waals surface area contributed by atoms with Crippen molar-refractivity contribution in [3.8, 4) is 0 Å². The summed E-state index contributed by atoms with van der Waals surface area (Å²) in [6.45, 7) is 0. The molecule has 5 nitrogen and oxygen atoms in total. The molecule has 0 aliphatic carbocycles. The SMILES string of the molecule is O=C(CS(=O)(=O)C=Cc1ccccc1)Nc1ccc2nc(SCC(F)F)sc2c1. The van der Waals surface area contributed by atoms with Gasteiger partial charge in [-0.3, -0.25) is 4.79 Å². The number of thioether (sulfide) groups is 1. The monoisotopic (exact) mass is 454 g/mol. The third-order valence-corrected chi connectivity index (χ3v) is 6.97. The second-order valence-electron chi connectivity index (χ2n) is 5.93. The Labute approximate surface area is 174 Å². The molecule has 0 atom stereocenters. The highest BCUT2D eigenvalue weighted by Crippen LogP contribution is 2.32. The Bertz CT molecular complexity index is 1130. The van der Waals surface area contributed by atoms with Gasteiger partial charge in [0.15, 0.2) is 14.2 Å². The highest BCUT2D eigenvalue weighted by atomic mass is 32.2. The molecule has 10 heteroatoms. The van der Waals surface area contributed by atoms with E-state index in [-0.39, 0.29) is 5.75 Å². The van der Waals surface area contributed by atoms with Crippen molar-refractivity contribution >= 4 is 60.8 Å². The van der Waals surface area contributed by atoms with Crippen LogP contribution in [0.25, 0.3) is 16.3 Å². The van der Waals surface area contributed by atoms with Crippen molar-refractivity contribution in [3.63, 3.8) is 0 Å². The van der Waals surface area contributed by atoms with E-state index in [2.05, 4.69) is 10.3 Å². The average molecular weight is 455 g/mol. The van der Waals surface area contributed by atoms with Crippen molar-refractivity contribution in [2.45, 2.75) is 10.8 Å². The topological polar surface area (TPSA) is 76.1 Å². The molecule has 0 saturated heterocycles. The number of aromatic nitrogens is 1. The van der Waals surface area contributed by atoms with Gasteiger partial charge in [-0.2, -0.15) is 0 Å². The molecule has 1 aromatic heterocycles. The molecule has 2 aromatic carbocycles. The number of anilines is 1. The van der Waals surface area contributed by atoms with E-state index in [0.29, 0.717) is 25.8 Å². The number of carbonyl (C=O) groups is 1. The molecule has 0 aliphatic heterocycles. The summed E-state index contributed by atoms with van der Waals surface area (Å²) < 4.78 is 50.1. The molecule has 0 aliphatic rings. The Morgan fingerprint density at radius 1 is 1.21 bits per heavy atom. The van der Waals surface area contributed by atoms with Crippen LogP contribution in [-0.4, -0.2) is 37.2 Å². The number of amides is 1.